The predicted molar refractivity (Wildman–Crippen MR) is 90.8 cm³/mol. The number of nitrogens with zero attached hydrogens (tertiary/aromatic N) is 1. The number of benzene rings is 1. The van der Waals surface area contributed by atoms with Crippen LogP contribution in [0.1, 0.15) is 19.8 Å². The Hall–Kier alpha value is -2.27. The van der Waals surface area contributed by atoms with Gasteiger partial charge >= 0.3 is 0 Å². The molecule has 1 aromatic carbocycles. The number of halogens is 1. The lowest BCUT2D eigenvalue weighted by atomic mass is 10.1. The van der Waals surface area contributed by atoms with Crippen molar-refractivity contribution < 1.29 is 9.53 Å². The third-order valence-electron chi connectivity index (χ3n) is 3.08. The zero-order valence-corrected chi connectivity index (χ0v) is 13.1. The minimum absolute atomic E-state index is 0.120. The fourth-order valence-electron chi connectivity index (χ4n) is 1.85. The summed E-state index contributed by atoms with van der Waals surface area (Å²) in [6.07, 6.45) is 6.43. The lowest BCUT2D eigenvalue weighted by molar-refractivity contribution is -0.110. The number of ketones is 1. The zero-order valence-electron chi connectivity index (χ0n) is 12.3. The van der Waals surface area contributed by atoms with Crippen LogP contribution in [0.2, 0.25) is 0 Å². The summed E-state index contributed by atoms with van der Waals surface area (Å²) in [4.78, 5) is 15.7. The highest BCUT2D eigenvalue weighted by atomic mass is 35.5. The molecule has 0 aliphatic heterocycles. The first-order valence-electron chi connectivity index (χ1n) is 7.01. The van der Waals surface area contributed by atoms with Crippen molar-refractivity contribution in [1.29, 1.82) is 0 Å². The minimum Gasteiger partial charge on any atom is -0.491 e. The Kier molecular flexibility index (Phi) is 5.22. The number of rotatable bonds is 5. The first-order chi connectivity index (χ1) is 10.5. The van der Waals surface area contributed by atoms with Crippen LogP contribution in [0.5, 0.6) is 5.75 Å². The van der Waals surface area contributed by atoms with Crippen LogP contribution in [0.4, 0.5) is 17.1 Å². The Balaban J connectivity index is 2.29. The molecule has 2 rings (SSSR count). The summed E-state index contributed by atoms with van der Waals surface area (Å²) < 4.78 is 5.64. The zero-order chi connectivity index (χ0) is 16.1. The van der Waals surface area contributed by atoms with Gasteiger partial charge in [0.2, 0.25) is 0 Å². The molecule has 116 valence electrons. The van der Waals surface area contributed by atoms with E-state index in [1.807, 2.05) is 0 Å². The number of allylic oxidation sites excluding steroid dienone is 4. The number of anilines is 2. The van der Waals surface area contributed by atoms with E-state index in [0.717, 1.165) is 12.8 Å². The number of hydrogen-bond donors (Lipinski definition) is 2. The highest BCUT2D eigenvalue weighted by Crippen LogP contribution is 2.34. The van der Waals surface area contributed by atoms with Crippen LogP contribution in [-0.4, -0.2) is 18.1 Å². The summed E-state index contributed by atoms with van der Waals surface area (Å²) in [6, 6.07) is 3.31. The van der Waals surface area contributed by atoms with Gasteiger partial charge in [0.05, 0.1) is 34.4 Å². The van der Waals surface area contributed by atoms with Crippen molar-refractivity contribution in [2.24, 2.45) is 4.99 Å². The molecule has 4 N–H and O–H groups in total. The van der Waals surface area contributed by atoms with Gasteiger partial charge in [0.1, 0.15) is 5.75 Å². The maximum atomic E-state index is 11.3. The average Bonchev–Trinajstić information content (AvgIpc) is 2.47. The fraction of sp³-hybridized carbons (Fsp3) is 0.250. The van der Waals surface area contributed by atoms with Gasteiger partial charge in [-0.25, -0.2) is 4.99 Å². The summed E-state index contributed by atoms with van der Waals surface area (Å²) in [5.74, 6) is 0.308. The van der Waals surface area contributed by atoms with Gasteiger partial charge in [-0.05, 0) is 30.7 Å². The smallest absolute Gasteiger partial charge is 0.197 e. The largest absolute Gasteiger partial charge is 0.491 e. The van der Waals surface area contributed by atoms with E-state index in [9.17, 15) is 4.79 Å². The number of nitrogen functional groups attached to an aromatic ring is 2. The normalized spacial score (nSPS) is 16.0. The average molecular weight is 320 g/mol. The Labute approximate surface area is 134 Å². The third kappa shape index (κ3) is 3.89. The molecule has 1 aliphatic carbocycles. The molecule has 0 atom stereocenters. The molecule has 1 aromatic rings. The van der Waals surface area contributed by atoms with Crippen molar-refractivity contribution in [3.63, 3.8) is 0 Å². The summed E-state index contributed by atoms with van der Waals surface area (Å²) in [6.45, 7) is 2.67. The quantitative estimate of drug-likeness (QED) is 0.494. The molecule has 1 aliphatic rings. The van der Waals surface area contributed by atoms with Gasteiger partial charge in [-0.1, -0.05) is 24.9 Å². The van der Waals surface area contributed by atoms with E-state index in [0.29, 0.717) is 35.1 Å². The molecule has 5 nitrogen and oxygen atoms in total. The first-order valence-corrected chi connectivity index (χ1v) is 7.39. The first kappa shape index (κ1) is 16.1. The second-order valence-corrected chi connectivity index (χ2v) is 5.28. The Morgan fingerprint density at radius 2 is 2.00 bits per heavy atom. The van der Waals surface area contributed by atoms with Gasteiger partial charge in [0.25, 0.3) is 0 Å². The molecule has 22 heavy (non-hydrogen) atoms. The standard InChI is InChI=1S/C16H18ClN3O2/c1-2-3-6-22-16-9-14(12(18)8-13(16)19)20-10-4-5-15(21)11(17)7-10/h4-5,7-9H,2-3,6,18-19H2,1H3/b20-10+. The number of hydrogen-bond acceptors (Lipinski definition) is 5. The number of ether oxygens (including phenoxy) is 1. The van der Waals surface area contributed by atoms with Crippen LogP contribution < -0.4 is 16.2 Å². The van der Waals surface area contributed by atoms with Crippen molar-refractivity contribution in [3.8, 4) is 5.75 Å². The van der Waals surface area contributed by atoms with Crippen molar-refractivity contribution >= 4 is 40.2 Å². The van der Waals surface area contributed by atoms with Crippen molar-refractivity contribution in [1.82, 2.24) is 0 Å². The van der Waals surface area contributed by atoms with E-state index in [1.54, 1.807) is 18.2 Å². The SMILES string of the molecule is CCCCOc1cc(/N=C2\C=CC(=O)C(Cl)=C2)c(N)cc1N. The minimum atomic E-state index is -0.241. The Bertz CT molecular complexity index is 678. The molecule has 0 aromatic heterocycles. The molecular weight excluding hydrogens is 302 g/mol. The van der Waals surface area contributed by atoms with Crippen LogP contribution in [0.15, 0.2) is 40.4 Å². The van der Waals surface area contributed by atoms with Gasteiger partial charge in [-0.15, -0.1) is 0 Å². The van der Waals surface area contributed by atoms with E-state index in [4.69, 9.17) is 27.8 Å². The number of carbonyl (C=O) groups excluding carboxylic acids is 1. The van der Waals surface area contributed by atoms with Crippen molar-refractivity contribution in [3.05, 3.63) is 35.4 Å². The molecule has 0 fully saturated rings. The van der Waals surface area contributed by atoms with E-state index in [-0.39, 0.29) is 10.8 Å². The number of unbranched alkanes of at least 4 members (excludes halogenated alkanes) is 1. The van der Waals surface area contributed by atoms with Gasteiger partial charge in [0.15, 0.2) is 5.78 Å². The molecule has 0 unspecified atom stereocenters. The summed E-state index contributed by atoms with van der Waals surface area (Å²) >= 11 is 5.81. The molecule has 0 radical (unpaired) electrons. The topological polar surface area (TPSA) is 90.7 Å². The molecule has 0 saturated carbocycles. The van der Waals surface area contributed by atoms with E-state index in [2.05, 4.69) is 11.9 Å². The van der Waals surface area contributed by atoms with Crippen molar-refractivity contribution in [2.75, 3.05) is 18.1 Å². The van der Waals surface area contributed by atoms with Crippen LogP contribution in [-0.2, 0) is 4.79 Å². The monoisotopic (exact) mass is 319 g/mol. The second kappa shape index (κ2) is 7.13. The fourth-order valence-corrected chi connectivity index (χ4v) is 2.02. The maximum absolute atomic E-state index is 11.3. The summed E-state index contributed by atoms with van der Waals surface area (Å²) in [5.41, 5.74) is 13.8. The molecule has 0 saturated heterocycles. The second-order valence-electron chi connectivity index (χ2n) is 4.88. The van der Waals surface area contributed by atoms with Crippen LogP contribution >= 0.6 is 11.6 Å². The van der Waals surface area contributed by atoms with Gasteiger partial charge in [0, 0.05) is 6.07 Å². The van der Waals surface area contributed by atoms with Crippen LogP contribution in [0, 0.1) is 0 Å². The molecule has 0 bridgehead atoms. The van der Waals surface area contributed by atoms with Crippen LogP contribution in [0.25, 0.3) is 0 Å². The Morgan fingerprint density at radius 3 is 2.68 bits per heavy atom. The maximum Gasteiger partial charge on any atom is 0.197 e. The third-order valence-corrected chi connectivity index (χ3v) is 3.37. The molecule has 6 heteroatoms. The lowest BCUT2D eigenvalue weighted by Crippen LogP contribution is -2.04. The summed E-state index contributed by atoms with van der Waals surface area (Å²) in [5, 5.41) is 0.120. The van der Waals surface area contributed by atoms with Gasteiger partial charge in [-0.3, -0.25) is 4.79 Å². The van der Waals surface area contributed by atoms with Gasteiger partial charge < -0.3 is 16.2 Å². The molecular formula is C16H18ClN3O2. The van der Waals surface area contributed by atoms with E-state index < -0.39 is 0 Å². The van der Waals surface area contributed by atoms with E-state index in [1.165, 1.54) is 12.2 Å². The van der Waals surface area contributed by atoms with Crippen LogP contribution in [0.3, 0.4) is 0 Å². The number of aliphatic imine (C=N–C) groups is 1. The highest BCUT2D eigenvalue weighted by molar-refractivity contribution is 6.47. The highest BCUT2D eigenvalue weighted by Gasteiger charge is 2.11. The molecule has 0 spiro atoms. The van der Waals surface area contributed by atoms with Crippen molar-refractivity contribution in [2.45, 2.75) is 19.8 Å². The van der Waals surface area contributed by atoms with E-state index >= 15 is 0 Å². The Morgan fingerprint density at radius 1 is 1.23 bits per heavy atom. The number of carbonyl (C=O) groups is 1. The lowest BCUT2D eigenvalue weighted by Gasteiger charge is -2.11. The molecule has 0 amide bonds. The summed E-state index contributed by atoms with van der Waals surface area (Å²) in [7, 11) is 0. The predicted octanol–water partition coefficient (Wildman–Crippen LogP) is 3.36. The molecule has 0 heterocycles. The number of nitrogens with two attached hydrogens (primary N) is 2. The van der Waals surface area contributed by atoms with Gasteiger partial charge in [-0.2, -0.15) is 0 Å².